The van der Waals surface area contributed by atoms with Crippen molar-refractivity contribution in [3.05, 3.63) is 90.0 Å². The Kier molecular flexibility index (Phi) is 10.0. The molecule has 0 aromatic heterocycles. The topological polar surface area (TPSA) is 96.0 Å². The standard InChI is InChI=1S/C32H39N3O5S/c1-4-26-14-8-11-20-30(26)35(41(38,39)29-18-6-5-7-19-29)23-31(36)34(22-25-13-12-17-28(21-25)40-3)24(2)32(37)33-27-15-9-10-16-27/h5-8,11-14,17-21,24,27H,4,9-10,15-16,22-23H2,1-3H3,(H,33,37)/t24-/m0/s1. The van der Waals surface area contributed by atoms with Gasteiger partial charge in [-0.1, -0.05) is 68.3 Å². The zero-order valence-electron chi connectivity index (χ0n) is 24.0. The number of rotatable bonds is 12. The van der Waals surface area contributed by atoms with Gasteiger partial charge in [-0.15, -0.1) is 0 Å². The van der Waals surface area contributed by atoms with Crippen molar-refractivity contribution < 1.29 is 22.7 Å². The van der Waals surface area contributed by atoms with Crippen LogP contribution in [0.5, 0.6) is 5.75 Å². The van der Waals surface area contributed by atoms with E-state index in [1.54, 1.807) is 44.4 Å². The maximum absolute atomic E-state index is 14.2. The van der Waals surface area contributed by atoms with E-state index < -0.39 is 28.5 Å². The van der Waals surface area contributed by atoms with E-state index in [2.05, 4.69) is 5.32 Å². The van der Waals surface area contributed by atoms with Gasteiger partial charge in [0.15, 0.2) is 0 Å². The van der Waals surface area contributed by atoms with Crippen LogP contribution in [0.2, 0.25) is 0 Å². The SMILES string of the molecule is CCc1ccccc1N(CC(=O)N(Cc1cccc(OC)c1)[C@@H](C)C(=O)NC1CCCC1)S(=O)(=O)c1ccccc1. The van der Waals surface area contributed by atoms with Gasteiger partial charge in [0, 0.05) is 12.6 Å². The van der Waals surface area contributed by atoms with Crippen LogP contribution in [-0.4, -0.2) is 50.9 Å². The van der Waals surface area contributed by atoms with Crippen LogP contribution in [-0.2, 0) is 32.6 Å². The first-order chi connectivity index (χ1) is 19.7. The first-order valence-electron chi connectivity index (χ1n) is 14.1. The smallest absolute Gasteiger partial charge is 0.264 e. The highest BCUT2D eigenvalue weighted by atomic mass is 32.2. The number of hydrogen-bond acceptors (Lipinski definition) is 5. The number of anilines is 1. The van der Waals surface area contributed by atoms with Crippen molar-refractivity contribution >= 4 is 27.5 Å². The van der Waals surface area contributed by atoms with Gasteiger partial charge in [-0.3, -0.25) is 13.9 Å². The van der Waals surface area contributed by atoms with E-state index in [1.807, 2.05) is 43.3 Å². The summed E-state index contributed by atoms with van der Waals surface area (Å²) < 4.78 is 34.5. The molecule has 0 heterocycles. The van der Waals surface area contributed by atoms with Gasteiger partial charge in [-0.05, 0) is 67.6 Å². The van der Waals surface area contributed by atoms with Gasteiger partial charge in [-0.25, -0.2) is 8.42 Å². The third-order valence-electron chi connectivity index (χ3n) is 7.61. The Hall–Kier alpha value is -3.85. The largest absolute Gasteiger partial charge is 0.497 e. The summed E-state index contributed by atoms with van der Waals surface area (Å²) in [6, 6.07) is 21.9. The van der Waals surface area contributed by atoms with E-state index in [9.17, 15) is 18.0 Å². The lowest BCUT2D eigenvalue weighted by atomic mass is 10.1. The van der Waals surface area contributed by atoms with E-state index in [4.69, 9.17) is 4.74 Å². The fourth-order valence-electron chi connectivity index (χ4n) is 5.23. The summed E-state index contributed by atoms with van der Waals surface area (Å²) in [7, 11) is -2.53. The number of nitrogens with zero attached hydrogens (tertiary/aromatic N) is 2. The first-order valence-corrected chi connectivity index (χ1v) is 15.6. The highest BCUT2D eigenvalue weighted by Crippen LogP contribution is 2.28. The molecule has 1 atom stereocenters. The summed E-state index contributed by atoms with van der Waals surface area (Å²) in [5, 5.41) is 3.09. The molecule has 8 nitrogen and oxygen atoms in total. The monoisotopic (exact) mass is 577 g/mol. The lowest BCUT2D eigenvalue weighted by molar-refractivity contribution is -0.139. The second-order valence-electron chi connectivity index (χ2n) is 10.3. The molecule has 3 aromatic carbocycles. The van der Waals surface area contributed by atoms with Crippen LogP contribution in [0.3, 0.4) is 0 Å². The van der Waals surface area contributed by atoms with Crippen LogP contribution < -0.4 is 14.4 Å². The van der Waals surface area contributed by atoms with Crippen molar-refractivity contribution in [1.29, 1.82) is 0 Å². The van der Waals surface area contributed by atoms with Gasteiger partial charge in [0.1, 0.15) is 18.3 Å². The van der Waals surface area contributed by atoms with Crippen molar-refractivity contribution in [2.45, 2.75) is 69.5 Å². The van der Waals surface area contributed by atoms with Crippen LogP contribution in [0, 0.1) is 0 Å². The van der Waals surface area contributed by atoms with Crippen molar-refractivity contribution in [1.82, 2.24) is 10.2 Å². The van der Waals surface area contributed by atoms with Crippen molar-refractivity contribution in [3.8, 4) is 5.75 Å². The number of carbonyl (C=O) groups excluding carboxylic acids is 2. The van der Waals surface area contributed by atoms with Crippen LogP contribution in [0.1, 0.15) is 50.7 Å². The van der Waals surface area contributed by atoms with Crippen LogP contribution in [0.4, 0.5) is 5.69 Å². The van der Waals surface area contributed by atoms with Crippen molar-refractivity contribution in [3.63, 3.8) is 0 Å². The number of benzene rings is 3. The van der Waals surface area contributed by atoms with Gasteiger partial charge >= 0.3 is 0 Å². The lowest BCUT2D eigenvalue weighted by Gasteiger charge is -2.33. The molecular formula is C32H39N3O5S. The Morgan fingerprint density at radius 2 is 1.66 bits per heavy atom. The molecule has 1 saturated carbocycles. The predicted octanol–water partition coefficient (Wildman–Crippen LogP) is 4.93. The number of aryl methyl sites for hydroxylation is 1. The highest BCUT2D eigenvalue weighted by molar-refractivity contribution is 7.92. The normalized spacial score (nSPS) is 14.3. The number of ether oxygens (including phenoxy) is 1. The minimum Gasteiger partial charge on any atom is -0.497 e. The molecule has 2 amide bonds. The number of carbonyl (C=O) groups is 2. The molecule has 0 saturated heterocycles. The quantitative estimate of drug-likeness (QED) is 0.329. The Morgan fingerprint density at radius 3 is 2.34 bits per heavy atom. The molecule has 1 aliphatic carbocycles. The third-order valence-corrected chi connectivity index (χ3v) is 9.38. The molecule has 41 heavy (non-hydrogen) atoms. The molecule has 9 heteroatoms. The molecule has 0 radical (unpaired) electrons. The Bertz CT molecular complexity index is 1440. The molecule has 3 aromatic rings. The van der Waals surface area contributed by atoms with Crippen molar-refractivity contribution in [2.75, 3.05) is 18.0 Å². The summed E-state index contributed by atoms with van der Waals surface area (Å²) in [5.41, 5.74) is 2.01. The number of nitrogens with one attached hydrogen (secondary N) is 1. The summed E-state index contributed by atoms with van der Waals surface area (Å²) in [6.07, 6.45) is 4.54. The molecule has 1 N–H and O–H groups in total. The number of hydrogen-bond donors (Lipinski definition) is 1. The molecule has 0 unspecified atom stereocenters. The Morgan fingerprint density at radius 1 is 0.976 bits per heavy atom. The van der Waals surface area contributed by atoms with Crippen LogP contribution in [0.15, 0.2) is 83.8 Å². The van der Waals surface area contributed by atoms with Crippen LogP contribution in [0.25, 0.3) is 0 Å². The maximum Gasteiger partial charge on any atom is 0.264 e. The average molecular weight is 578 g/mol. The van der Waals surface area contributed by atoms with E-state index in [0.29, 0.717) is 17.9 Å². The number of para-hydroxylation sites is 1. The fourth-order valence-corrected chi connectivity index (χ4v) is 6.70. The van der Waals surface area contributed by atoms with E-state index in [-0.39, 0.29) is 23.4 Å². The zero-order chi connectivity index (χ0) is 29.4. The summed E-state index contributed by atoms with van der Waals surface area (Å²) in [5.74, 6) is -0.102. The maximum atomic E-state index is 14.2. The Labute approximate surface area is 243 Å². The van der Waals surface area contributed by atoms with Gasteiger partial charge in [0.2, 0.25) is 11.8 Å². The van der Waals surface area contributed by atoms with Gasteiger partial charge in [0.05, 0.1) is 17.7 Å². The highest BCUT2D eigenvalue weighted by Gasteiger charge is 2.34. The molecular weight excluding hydrogens is 538 g/mol. The molecule has 4 rings (SSSR count). The number of amides is 2. The lowest BCUT2D eigenvalue weighted by Crippen LogP contribution is -2.52. The van der Waals surface area contributed by atoms with E-state index >= 15 is 0 Å². The minimum absolute atomic E-state index is 0.0880. The summed E-state index contributed by atoms with van der Waals surface area (Å²) in [4.78, 5) is 29.1. The fraction of sp³-hybridized carbons (Fsp3) is 0.375. The average Bonchev–Trinajstić information content (AvgIpc) is 3.51. The molecule has 0 bridgehead atoms. The van der Waals surface area contributed by atoms with Gasteiger partial charge < -0.3 is 15.0 Å². The molecule has 0 aliphatic heterocycles. The van der Waals surface area contributed by atoms with Gasteiger partial charge in [-0.2, -0.15) is 0 Å². The first kappa shape index (κ1) is 30.1. The second kappa shape index (κ2) is 13.7. The number of sulfonamides is 1. The summed E-state index contributed by atoms with van der Waals surface area (Å²) in [6.45, 7) is 3.29. The van der Waals surface area contributed by atoms with Gasteiger partial charge in [0.25, 0.3) is 10.0 Å². The zero-order valence-corrected chi connectivity index (χ0v) is 24.8. The minimum atomic E-state index is -4.10. The summed E-state index contributed by atoms with van der Waals surface area (Å²) >= 11 is 0. The molecule has 0 spiro atoms. The van der Waals surface area contributed by atoms with E-state index in [0.717, 1.165) is 36.8 Å². The van der Waals surface area contributed by atoms with Crippen molar-refractivity contribution in [2.24, 2.45) is 0 Å². The number of methoxy groups -OCH3 is 1. The Balaban J connectivity index is 1.71. The molecule has 218 valence electrons. The third kappa shape index (κ3) is 7.27. The van der Waals surface area contributed by atoms with Crippen LogP contribution >= 0.6 is 0 Å². The predicted molar refractivity (Wildman–Crippen MR) is 160 cm³/mol. The molecule has 1 aliphatic rings. The molecule has 1 fully saturated rings. The second-order valence-corrected chi connectivity index (χ2v) is 12.2. The van der Waals surface area contributed by atoms with E-state index in [1.165, 1.54) is 21.3 Å².